The number of ether oxygens (including phenoxy) is 2. The molecule has 1 atom stereocenters. The highest BCUT2D eigenvalue weighted by Crippen LogP contribution is 2.25. The van der Waals surface area contributed by atoms with E-state index in [0.29, 0.717) is 6.54 Å². The van der Waals surface area contributed by atoms with Crippen LogP contribution < -0.4 is 14.8 Å². The van der Waals surface area contributed by atoms with E-state index < -0.39 is 0 Å². The highest BCUT2D eigenvalue weighted by atomic mass is 35.5. The van der Waals surface area contributed by atoms with Gasteiger partial charge in [0, 0.05) is 23.2 Å². The smallest absolute Gasteiger partial charge is 0.123 e. The van der Waals surface area contributed by atoms with E-state index in [-0.39, 0.29) is 6.04 Å². The molecule has 2 aromatic rings. The predicted molar refractivity (Wildman–Crippen MR) is 86.3 cm³/mol. The topological polar surface area (TPSA) is 30.5 Å². The zero-order valence-corrected chi connectivity index (χ0v) is 13.3. The van der Waals surface area contributed by atoms with Crippen LogP contribution in [0.2, 0.25) is 5.02 Å². The molecule has 0 aromatic heterocycles. The van der Waals surface area contributed by atoms with Crippen LogP contribution in [0.25, 0.3) is 0 Å². The van der Waals surface area contributed by atoms with Gasteiger partial charge in [-0.25, -0.2) is 0 Å². The lowest BCUT2D eigenvalue weighted by Gasteiger charge is -2.16. The molecule has 0 fully saturated rings. The average Bonchev–Trinajstić information content (AvgIpc) is 2.52. The van der Waals surface area contributed by atoms with Gasteiger partial charge in [0.05, 0.1) is 14.2 Å². The third kappa shape index (κ3) is 4.13. The summed E-state index contributed by atoms with van der Waals surface area (Å²) in [4.78, 5) is 0. The molecule has 0 aliphatic carbocycles. The molecule has 1 N–H and O–H groups in total. The van der Waals surface area contributed by atoms with Crippen molar-refractivity contribution in [3.05, 3.63) is 58.6 Å². The number of nitrogens with one attached hydrogen (secondary N) is 1. The van der Waals surface area contributed by atoms with E-state index in [1.54, 1.807) is 14.2 Å². The lowest BCUT2D eigenvalue weighted by molar-refractivity contribution is 0.395. The Bertz CT molecular complexity index is 584. The maximum absolute atomic E-state index is 5.91. The fourth-order valence-corrected chi connectivity index (χ4v) is 2.28. The number of methoxy groups -OCH3 is 2. The monoisotopic (exact) mass is 305 g/mol. The molecule has 112 valence electrons. The Labute approximate surface area is 130 Å². The number of rotatable bonds is 6. The van der Waals surface area contributed by atoms with Gasteiger partial charge in [0.2, 0.25) is 0 Å². The summed E-state index contributed by atoms with van der Waals surface area (Å²) in [7, 11) is 3.34. The fraction of sp³-hybridized carbons (Fsp3) is 0.294. The number of hydrogen-bond donors (Lipinski definition) is 1. The van der Waals surface area contributed by atoms with Crippen molar-refractivity contribution >= 4 is 11.6 Å². The van der Waals surface area contributed by atoms with Gasteiger partial charge >= 0.3 is 0 Å². The molecule has 0 saturated carbocycles. The Hall–Kier alpha value is -1.71. The van der Waals surface area contributed by atoms with Crippen LogP contribution in [0.3, 0.4) is 0 Å². The third-order valence-electron chi connectivity index (χ3n) is 3.46. The SMILES string of the molecule is COc1ccc(OC)c(CNC(C)c2ccc(Cl)cc2)c1. The molecule has 21 heavy (non-hydrogen) atoms. The maximum atomic E-state index is 5.91. The Kier molecular flexibility index (Phi) is 5.48. The summed E-state index contributed by atoms with van der Waals surface area (Å²) in [5.74, 6) is 1.68. The van der Waals surface area contributed by atoms with Crippen molar-refractivity contribution in [2.24, 2.45) is 0 Å². The molecule has 3 nitrogen and oxygen atoms in total. The summed E-state index contributed by atoms with van der Waals surface area (Å²) in [6.45, 7) is 2.82. The molecule has 0 heterocycles. The van der Waals surface area contributed by atoms with Gasteiger partial charge in [-0.3, -0.25) is 0 Å². The van der Waals surface area contributed by atoms with Crippen molar-refractivity contribution < 1.29 is 9.47 Å². The van der Waals surface area contributed by atoms with Crippen LogP contribution in [0.5, 0.6) is 11.5 Å². The molecule has 0 aliphatic rings. The van der Waals surface area contributed by atoms with Crippen LogP contribution in [0.15, 0.2) is 42.5 Å². The Balaban J connectivity index is 2.06. The first-order valence-corrected chi connectivity index (χ1v) is 7.21. The van der Waals surface area contributed by atoms with E-state index in [0.717, 1.165) is 22.1 Å². The summed E-state index contributed by atoms with van der Waals surface area (Å²) < 4.78 is 10.6. The second-order valence-electron chi connectivity index (χ2n) is 4.83. The van der Waals surface area contributed by atoms with Crippen molar-refractivity contribution in [2.75, 3.05) is 14.2 Å². The van der Waals surface area contributed by atoms with E-state index in [1.165, 1.54) is 5.56 Å². The van der Waals surface area contributed by atoms with E-state index in [4.69, 9.17) is 21.1 Å². The van der Waals surface area contributed by atoms with E-state index in [9.17, 15) is 0 Å². The van der Waals surface area contributed by atoms with Crippen LogP contribution in [0.1, 0.15) is 24.1 Å². The van der Waals surface area contributed by atoms with E-state index >= 15 is 0 Å². The fourth-order valence-electron chi connectivity index (χ4n) is 2.15. The lowest BCUT2D eigenvalue weighted by atomic mass is 10.1. The summed E-state index contributed by atoms with van der Waals surface area (Å²) >= 11 is 5.91. The highest BCUT2D eigenvalue weighted by molar-refractivity contribution is 6.30. The molecule has 0 aliphatic heterocycles. The highest BCUT2D eigenvalue weighted by Gasteiger charge is 2.08. The minimum Gasteiger partial charge on any atom is -0.497 e. The first-order valence-electron chi connectivity index (χ1n) is 6.83. The van der Waals surface area contributed by atoms with Crippen LogP contribution in [0, 0.1) is 0 Å². The number of halogens is 1. The van der Waals surface area contributed by atoms with Crippen LogP contribution >= 0.6 is 11.6 Å². The van der Waals surface area contributed by atoms with Crippen molar-refractivity contribution in [3.63, 3.8) is 0 Å². The van der Waals surface area contributed by atoms with E-state index in [1.807, 2.05) is 42.5 Å². The van der Waals surface area contributed by atoms with Crippen LogP contribution in [-0.4, -0.2) is 14.2 Å². The molecule has 0 radical (unpaired) electrons. The van der Waals surface area contributed by atoms with Crippen molar-refractivity contribution in [2.45, 2.75) is 19.5 Å². The second kappa shape index (κ2) is 7.34. The molecule has 0 saturated heterocycles. The standard InChI is InChI=1S/C17H20ClNO2/c1-12(13-4-6-15(18)7-5-13)19-11-14-10-16(20-2)8-9-17(14)21-3/h4-10,12,19H,11H2,1-3H3. The second-order valence-corrected chi connectivity index (χ2v) is 5.27. The molecule has 2 aromatic carbocycles. The molecule has 0 bridgehead atoms. The van der Waals surface area contributed by atoms with Gasteiger partial charge in [0.1, 0.15) is 11.5 Å². The predicted octanol–water partition coefficient (Wildman–Crippen LogP) is 4.21. The summed E-state index contributed by atoms with van der Waals surface area (Å²) in [5, 5.41) is 4.23. The Morgan fingerprint density at radius 1 is 1.05 bits per heavy atom. The van der Waals surface area contributed by atoms with Gasteiger partial charge in [-0.1, -0.05) is 23.7 Å². The van der Waals surface area contributed by atoms with Crippen molar-refractivity contribution in [1.29, 1.82) is 0 Å². The molecule has 1 unspecified atom stereocenters. The molecular weight excluding hydrogens is 286 g/mol. The van der Waals surface area contributed by atoms with Gasteiger partial charge in [0.25, 0.3) is 0 Å². The zero-order chi connectivity index (χ0) is 15.2. The Morgan fingerprint density at radius 2 is 1.76 bits per heavy atom. The third-order valence-corrected chi connectivity index (χ3v) is 3.71. The largest absolute Gasteiger partial charge is 0.497 e. The maximum Gasteiger partial charge on any atom is 0.123 e. The normalized spacial score (nSPS) is 12.0. The first kappa shape index (κ1) is 15.7. The summed E-state index contributed by atoms with van der Waals surface area (Å²) in [5.41, 5.74) is 2.26. The van der Waals surface area contributed by atoms with Gasteiger partial charge in [0.15, 0.2) is 0 Å². The lowest BCUT2D eigenvalue weighted by Crippen LogP contribution is -2.18. The molecular formula is C17H20ClNO2. The molecule has 4 heteroatoms. The van der Waals surface area contributed by atoms with Gasteiger partial charge in [-0.2, -0.15) is 0 Å². The zero-order valence-electron chi connectivity index (χ0n) is 12.5. The summed E-state index contributed by atoms with van der Waals surface area (Å²) in [6, 6.07) is 13.9. The van der Waals surface area contributed by atoms with Gasteiger partial charge in [-0.15, -0.1) is 0 Å². The van der Waals surface area contributed by atoms with Crippen molar-refractivity contribution in [3.8, 4) is 11.5 Å². The first-order chi connectivity index (χ1) is 10.1. The van der Waals surface area contributed by atoms with Crippen LogP contribution in [-0.2, 0) is 6.54 Å². The van der Waals surface area contributed by atoms with E-state index in [2.05, 4.69) is 12.2 Å². The summed E-state index contributed by atoms with van der Waals surface area (Å²) in [6.07, 6.45) is 0. The van der Waals surface area contributed by atoms with Crippen molar-refractivity contribution in [1.82, 2.24) is 5.32 Å². The van der Waals surface area contributed by atoms with Gasteiger partial charge < -0.3 is 14.8 Å². The molecule has 0 spiro atoms. The van der Waals surface area contributed by atoms with Crippen LogP contribution in [0.4, 0.5) is 0 Å². The number of hydrogen-bond acceptors (Lipinski definition) is 3. The molecule has 0 amide bonds. The minimum absolute atomic E-state index is 0.221. The minimum atomic E-state index is 0.221. The quantitative estimate of drug-likeness (QED) is 0.867. The Morgan fingerprint density at radius 3 is 2.38 bits per heavy atom. The number of benzene rings is 2. The molecule has 2 rings (SSSR count). The average molecular weight is 306 g/mol. The van der Waals surface area contributed by atoms with Gasteiger partial charge in [-0.05, 0) is 42.8 Å².